The minimum atomic E-state index is -0.0833. The maximum absolute atomic E-state index is 3.15. The summed E-state index contributed by atoms with van der Waals surface area (Å²) < 4.78 is 4.52. The summed E-state index contributed by atoms with van der Waals surface area (Å²) in [5.74, 6) is 0.952. The number of aromatic amines is 2. The molecule has 0 atom stereocenters. The summed E-state index contributed by atoms with van der Waals surface area (Å²) in [4.78, 5) is 6.29. The van der Waals surface area contributed by atoms with Gasteiger partial charge in [-0.3, -0.25) is 9.97 Å². The van der Waals surface area contributed by atoms with Gasteiger partial charge in [0.2, 0.25) is 12.7 Å². The summed E-state index contributed by atoms with van der Waals surface area (Å²) in [7, 11) is 0. The fourth-order valence-corrected chi connectivity index (χ4v) is 3.02. The van der Waals surface area contributed by atoms with E-state index in [2.05, 4.69) is 59.2 Å². The van der Waals surface area contributed by atoms with Crippen molar-refractivity contribution in [2.75, 3.05) is 0 Å². The van der Waals surface area contributed by atoms with Crippen LogP contribution >= 0.6 is 0 Å². The lowest BCUT2D eigenvalue weighted by molar-refractivity contribution is -1.01. The van der Waals surface area contributed by atoms with Crippen molar-refractivity contribution in [1.29, 1.82) is 0 Å². The van der Waals surface area contributed by atoms with E-state index in [-0.39, 0.29) is 5.66 Å². The zero-order valence-electron chi connectivity index (χ0n) is 11.0. The Balaban J connectivity index is 2.64. The number of hydrogen-bond donors (Lipinski definition) is 2. The van der Waals surface area contributed by atoms with E-state index in [1.807, 2.05) is 25.0 Å². The van der Waals surface area contributed by atoms with E-state index in [0.29, 0.717) is 11.8 Å². The molecule has 2 aromatic heterocycles. The monoisotopic (exact) mass is 234 g/mol. The number of imidazole rings is 2. The Morgan fingerprint density at radius 3 is 1.47 bits per heavy atom. The van der Waals surface area contributed by atoms with Crippen LogP contribution in [-0.2, 0) is 5.66 Å². The van der Waals surface area contributed by atoms with Gasteiger partial charge in [-0.15, -0.1) is 0 Å². The third kappa shape index (κ3) is 1.68. The summed E-state index contributed by atoms with van der Waals surface area (Å²) in [6.07, 6.45) is 12.2. The molecule has 2 rings (SSSR count). The summed E-state index contributed by atoms with van der Waals surface area (Å²) in [6, 6.07) is 0. The first-order valence-electron chi connectivity index (χ1n) is 6.19. The number of hydrogen-bond acceptors (Lipinski definition) is 0. The second kappa shape index (κ2) is 4.35. The quantitative estimate of drug-likeness (QED) is 0.751. The zero-order chi connectivity index (χ0) is 12.5. The molecule has 92 valence electrons. The second-order valence-corrected chi connectivity index (χ2v) is 5.13. The predicted molar refractivity (Wildman–Crippen MR) is 65.0 cm³/mol. The third-order valence-electron chi connectivity index (χ3n) is 3.62. The van der Waals surface area contributed by atoms with Crippen molar-refractivity contribution in [2.24, 2.45) is 11.8 Å². The van der Waals surface area contributed by atoms with Crippen molar-refractivity contribution in [3.8, 4) is 0 Å². The summed E-state index contributed by atoms with van der Waals surface area (Å²) in [5.41, 5.74) is -0.0833. The van der Waals surface area contributed by atoms with Gasteiger partial charge in [0.15, 0.2) is 0 Å². The van der Waals surface area contributed by atoms with E-state index in [1.54, 1.807) is 0 Å². The molecule has 2 aromatic rings. The van der Waals surface area contributed by atoms with E-state index in [4.69, 9.17) is 0 Å². The number of nitrogens with zero attached hydrogens (tertiary/aromatic N) is 2. The molecule has 0 aliphatic carbocycles. The maximum atomic E-state index is 3.15. The minimum Gasteiger partial charge on any atom is -0.250 e. The van der Waals surface area contributed by atoms with Crippen LogP contribution in [0.3, 0.4) is 0 Å². The maximum Gasteiger partial charge on any atom is 0.256 e. The molecule has 0 amide bonds. The molecule has 0 saturated heterocycles. The molecule has 0 spiro atoms. The minimum absolute atomic E-state index is 0.0833. The standard InChI is InChI=1S/C13H20N4/c1-11(2)13(12(3)4,16-7-5-14-9-16)17-8-6-15-10-17/h5-12H,1-4H3/p+2. The fraction of sp³-hybridized carbons (Fsp3) is 0.538. The van der Waals surface area contributed by atoms with E-state index < -0.39 is 0 Å². The smallest absolute Gasteiger partial charge is 0.250 e. The molecule has 0 radical (unpaired) electrons. The summed E-state index contributed by atoms with van der Waals surface area (Å²) in [6.45, 7) is 9.06. The Bertz CT molecular complexity index is 395. The zero-order valence-corrected chi connectivity index (χ0v) is 11.0. The highest BCUT2D eigenvalue weighted by molar-refractivity contribution is 4.74. The van der Waals surface area contributed by atoms with Gasteiger partial charge in [-0.1, -0.05) is 27.7 Å². The average Bonchev–Trinajstić information content (AvgIpc) is 2.88. The Kier molecular flexibility index (Phi) is 3.05. The molecule has 0 aliphatic rings. The number of rotatable bonds is 4. The van der Waals surface area contributed by atoms with Crippen LogP contribution in [0.25, 0.3) is 0 Å². The largest absolute Gasteiger partial charge is 0.256 e. The predicted octanol–water partition coefficient (Wildman–Crippen LogP) is 1.43. The van der Waals surface area contributed by atoms with E-state index in [0.717, 1.165) is 0 Å². The van der Waals surface area contributed by atoms with Gasteiger partial charge in [-0.05, 0) is 0 Å². The number of H-pyrrole nitrogens is 2. The van der Waals surface area contributed by atoms with Crippen LogP contribution in [0, 0.1) is 11.8 Å². The Labute approximate surface area is 102 Å². The van der Waals surface area contributed by atoms with Crippen LogP contribution in [0.2, 0.25) is 0 Å². The molecule has 0 aliphatic heterocycles. The molecule has 0 unspecified atom stereocenters. The van der Waals surface area contributed by atoms with Crippen molar-refractivity contribution >= 4 is 0 Å². The van der Waals surface area contributed by atoms with Crippen LogP contribution < -0.4 is 9.13 Å². The summed E-state index contributed by atoms with van der Waals surface area (Å²) in [5, 5.41) is 0. The molecular weight excluding hydrogens is 212 g/mol. The van der Waals surface area contributed by atoms with E-state index >= 15 is 0 Å². The molecule has 2 N–H and O–H groups in total. The highest BCUT2D eigenvalue weighted by atomic mass is 15.3. The van der Waals surface area contributed by atoms with Crippen LogP contribution in [0.4, 0.5) is 0 Å². The van der Waals surface area contributed by atoms with E-state index in [9.17, 15) is 0 Å². The van der Waals surface area contributed by atoms with Crippen molar-refractivity contribution in [2.45, 2.75) is 33.4 Å². The molecule has 0 aromatic carbocycles. The second-order valence-electron chi connectivity index (χ2n) is 5.13. The first kappa shape index (κ1) is 11.9. The molecule has 2 heterocycles. The highest BCUT2D eigenvalue weighted by Gasteiger charge is 2.49. The van der Waals surface area contributed by atoms with Gasteiger partial charge in [0.1, 0.15) is 24.8 Å². The lowest BCUT2D eigenvalue weighted by Crippen LogP contribution is -2.77. The molecule has 4 nitrogen and oxygen atoms in total. The molecule has 0 bridgehead atoms. The van der Waals surface area contributed by atoms with E-state index in [1.165, 1.54) is 0 Å². The Morgan fingerprint density at radius 2 is 1.24 bits per heavy atom. The Morgan fingerprint density at radius 1 is 0.824 bits per heavy atom. The van der Waals surface area contributed by atoms with Crippen molar-refractivity contribution < 1.29 is 9.13 Å². The van der Waals surface area contributed by atoms with Crippen LogP contribution in [0.5, 0.6) is 0 Å². The topological polar surface area (TPSA) is 39.3 Å². The van der Waals surface area contributed by atoms with Gasteiger partial charge in [-0.25, -0.2) is 0 Å². The lowest BCUT2D eigenvalue weighted by Gasteiger charge is -2.34. The third-order valence-corrected chi connectivity index (χ3v) is 3.62. The lowest BCUT2D eigenvalue weighted by atomic mass is 9.84. The first-order valence-corrected chi connectivity index (χ1v) is 6.19. The molecule has 4 heteroatoms. The Hall–Kier alpha value is -1.58. The molecule has 0 fully saturated rings. The molecular formula is C13H22N4+2. The van der Waals surface area contributed by atoms with Crippen LogP contribution in [0.15, 0.2) is 37.4 Å². The van der Waals surface area contributed by atoms with Gasteiger partial charge in [0.25, 0.3) is 5.66 Å². The first-order chi connectivity index (χ1) is 8.10. The normalized spacial score (nSPS) is 12.6. The van der Waals surface area contributed by atoms with Crippen molar-refractivity contribution in [3.05, 3.63) is 37.4 Å². The van der Waals surface area contributed by atoms with Gasteiger partial charge in [0.05, 0.1) is 0 Å². The summed E-state index contributed by atoms with van der Waals surface area (Å²) >= 11 is 0. The van der Waals surface area contributed by atoms with Crippen LogP contribution in [0.1, 0.15) is 27.7 Å². The average molecular weight is 234 g/mol. The number of nitrogens with one attached hydrogen (secondary N) is 2. The number of aromatic nitrogens is 4. The van der Waals surface area contributed by atoms with Gasteiger partial charge >= 0.3 is 0 Å². The highest BCUT2D eigenvalue weighted by Crippen LogP contribution is 2.25. The molecule has 0 saturated carbocycles. The SMILES string of the molecule is CC(C)C(C(C)C)([n+]1cc[nH]c1)[n+]1cc[nH]c1. The van der Waals surface area contributed by atoms with Gasteiger partial charge in [-0.2, -0.15) is 9.13 Å². The van der Waals surface area contributed by atoms with Crippen LogP contribution in [-0.4, -0.2) is 9.97 Å². The fourth-order valence-electron chi connectivity index (χ4n) is 3.02. The van der Waals surface area contributed by atoms with Crippen molar-refractivity contribution in [1.82, 2.24) is 9.97 Å². The van der Waals surface area contributed by atoms with Gasteiger partial charge in [0, 0.05) is 11.8 Å². The van der Waals surface area contributed by atoms with Crippen molar-refractivity contribution in [3.63, 3.8) is 0 Å². The van der Waals surface area contributed by atoms with Gasteiger partial charge < -0.3 is 0 Å². The molecule has 17 heavy (non-hydrogen) atoms.